The van der Waals surface area contributed by atoms with Gasteiger partial charge in [-0.15, -0.1) is 11.8 Å². The molecular weight excluding hydrogens is 342 g/mol. The summed E-state index contributed by atoms with van der Waals surface area (Å²) in [6, 6.07) is 10.9. The van der Waals surface area contributed by atoms with Crippen molar-refractivity contribution in [1.29, 1.82) is 0 Å². The molecule has 0 fully saturated rings. The van der Waals surface area contributed by atoms with Crippen molar-refractivity contribution in [2.24, 2.45) is 4.99 Å². The third-order valence-electron chi connectivity index (χ3n) is 3.62. The van der Waals surface area contributed by atoms with Gasteiger partial charge in [-0.25, -0.2) is 9.84 Å². The molecule has 120 valence electrons. The van der Waals surface area contributed by atoms with E-state index in [0.29, 0.717) is 22.9 Å². The lowest BCUT2D eigenvalue weighted by molar-refractivity contribution is -0.113. The zero-order valence-corrected chi connectivity index (χ0v) is 14.5. The number of anilines is 1. The number of nitrogens with zero attached hydrogens (tertiary/aromatic N) is 2. The molecule has 0 spiro atoms. The Bertz CT molecular complexity index is 886. The van der Waals surface area contributed by atoms with E-state index in [1.807, 2.05) is 19.1 Å². The first-order chi connectivity index (χ1) is 11.5. The number of hydrogen-bond donors (Lipinski definition) is 1. The number of aryl methyl sites for hydroxylation is 1. The summed E-state index contributed by atoms with van der Waals surface area (Å²) in [6.07, 6.45) is 0.714. The van der Waals surface area contributed by atoms with Gasteiger partial charge in [-0.2, -0.15) is 0 Å². The number of hydrogen-bond acceptors (Lipinski definition) is 3. The number of nitrogens with one attached hydrogen (secondary N) is 1. The fourth-order valence-electron chi connectivity index (χ4n) is 2.40. The van der Waals surface area contributed by atoms with Crippen LogP contribution in [0.5, 0.6) is 0 Å². The summed E-state index contributed by atoms with van der Waals surface area (Å²) in [7, 11) is 0. The van der Waals surface area contributed by atoms with Crippen LogP contribution in [0.15, 0.2) is 41.4 Å². The van der Waals surface area contributed by atoms with Crippen LogP contribution < -0.4 is 5.32 Å². The number of benzene rings is 2. The van der Waals surface area contributed by atoms with E-state index in [2.05, 4.69) is 15.2 Å². The maximum absolute atomic E-state index is 12.1. The SMILES string of the molecule is [C-]#[N+]c1ccc2c(c1)N=C(SCC(=O)Nc1ccc(Cl)cc1C)C2. The number of aliphatic imine (C=N–C) groups is 1. The number of carbonyl (C=O) groups is 1. The smallest absolute Gasteiger partial charge is 0.234 e. The van der Waals surface area contributed by atoms with E-state index in [-0.39, 0.29) is 5.91 Å². The maximum atomic E-state index is 12.1. The molecule has 0 radical (unpaired) electrons. The normalized spacial score (nSPS) is 12.3. The predicted octanol–water partition coefficient (Wildman–Crippen LogP) is 5.16. The minimum atomic E-state index is -0.0778. The molecule has 0 saturated heterocycles. The average Bonchev–Trinajstić information content (AvgIpc) is 2.97. The second-order valence-electron chi connectivity index (χ2n) is 5.40. The molecule has 0 unspecified atom stereocenters. The summed E-state index contributed by atoms with van der Waals surface area (Å²) < 4.78 is 0. The van der Waals surface area contributed by atoms with Crippen LogP contribution >= 0.6 is 23.4 Å². The van der Waals surface area contributed by atoms with Crippen molar-refractivity contribution in [3.63, 3.8) is 0 Å². The third-order valence-corrected chi connectivity index (χ3v) is 4.83. The van der Waals surface area contributed by atoms with E-state index >= 15 is 0 Å². The molecule has 24 heavy (non-hydrogen) atoms. The molecule has 0 saturated carbocycles. The fraction of sp³-hybridized carbons (Fsp3) is 0.167. The highest BCUT2D eigenvalue weighted by Crippen LogP contribution is 2.33. The Balaban J connectivity index is 1.58. The molecule has 2 aromatic carbocycles. The minimum absolute atomic E-state index is 0.0778. The zero-order valence-electron chi connectivity index (χ0n) is 13.0. The molecule has 4 nitrogen and oxygen atoms in total. The highest BCUT2D eigenvalue weighted by atomic mass is 35.5. The van der Waals surface area contributed by atoms with Gasteiger partial charge in [-0.05, 0) is 42.3 Å². The van der Waals surface area contributed by atoms with Crippen molar-refractivity contribution in [1.82, 2.24) is 0 Å². The molecule has 0 bridgehead atoms. The predicted molar refractivity (Wildman–Crippen MR) is 101 cm³/mol. The van der Waals surface area contributed by atoms with Gasteiger partial charge in [-0.1, -0.05) is 23.7 Å². The number of carbonyl (C=O) groups excluding carboxylic acids is 1. The first-order valence-corrected chi connectivity index (χ1v) is 8.68. The number of thioether (sulfide) groups is 1. The summed E-state index contributed by atoms with van der Waals surface area (Å²) in [5.74, 6) is 0.218. The van der Waals surface area contributed by atoms with E-state index in [1.54, 1.807) is 24.3 Å². The Kier molecular flexibility index (Phi) is 4.89. The van der Waals surface area contributed by atoms with E-state index in [0.717, 1.165) is 27.5 Å². The van der Waals surface area contributed by atoms with Crippen LogP contribution in [0, 0.1) is 13.5 Å². The molecule has 1 amide bonds. The summed E-state index contributed by atoms with van der Waals surface area (Å²) in [6.45, 7) is 8.95. The van der Waals surface area contributed by atoms with Gasteiger partial charge in [0.2, 0.25) is 5.91 Å². The van der Waals surface area contributed by atoms with Crippen molar-refractivity contribution < 1.29 is 4.79 Å². The Morgan fingerprint density at radius 3 is 2.96 bits per heavy atom. The molecule has 1 aliphatic heterocycles. The molecule has 1 aliphatic rings. The summed E-state index contributed by atoms with van der Waals surface area (Å²) in [5.41, 5.74) is 4.21. The Labute approximate surface area is 149 Å². The van der Waals surface area contributed by atoms with Crippen molar-refractivity contribution >= 4 is 51.4 Å². The molecule has 3 rings (SSSR count). The number of rotatable bonds is 3. The molecule has 0 aromatic heterocycles. The second-order valence-corrected chi connectivity index (χ2v) is 6.89. The second kappa shape index (κ2) is 7.08. The van der Waals surface area contributed by atoms with Gasteiger partial charge in [0.05, 0.1) is 23.1 Å². The number of fused-ring (bicyclic) bond motifs is 1. The van der Waals surface area contributed by atoms with Crippen LogP contribution in [0.25, 0.3) is 4.85 Å². The van der Waals surface area contributed by atoms with E-state index in [9.17, 15) is 4.79 Å². The Morgan fingerprint density at radius 2 is 2.21 bits per heavy atom. The quantitative estimate of drug-likeness (QED) is 0.773. The lowest BCUT2D eigenvalue weighted by Gasteiger charge is -2.08. The van der Waals surface area contributed by atoms with Crippen molar-refractivity contribution in [2.75, 3.05) is 11.1 Å². The standard InChI is InChI=1S/C18H14ClN3OS/c1-11-7-13(19)4-6-15(11)21-17(23)10-24-18-8-12-3-5-14(20-2)9-16(12)22-18/h3-7,9H,8,10H2,1H3,(H,21,23). The molecule has 2 aromatic rings. The van der Waals surface area contributed by atoms with Crippen molar-refractivity contribution in [3.8, 4) is 0 Å². The van der Waals surface area contributed by atoms with Gasteiger partial charge < -0.3 is 5.32 Å². The van der Waals surface area contributed by atoms with Crippen LogP contribution in [-0.4, -0.2) is 16.7 Å². The van der Waals surface area contributed by atoms with E-state index in [1.165, 1.54) is 11.8 Å². The first-order valence-electron chi connectivity index (χ1n) is 7.32. The van der Waals surface area contributed by atoms with Crippen LogP contribution in [0.4, 0.5) is 17.1 Å². The maximum Gasteiger partial charge on any atom is 0.234 e. The molecule has 1 N–H and O–H groups in total. The summed E-state index contributed by atoms with van der Waals surface area (Å²) in [4.78, 5) is 20.0. The van der Waals surface area contributed by atoms with E-state index < -0.39 is 0 Å². The van der Waals surface area contributed by atoms with Crippen LogP contribution in [0.2, 0.25) is 5.02 Å². The topological polar surface area (TPSA) is 45.8 Å². The zero-order chi connectivity index (χ0) is 17.1. The van der Waals surface area contributed by atoms with Gasteiger partial charge in [0.1, 0.15) is 0 Å². The number of halogens is 1. The molecule has 0 aliphatic carbocycles. The Hall–Kier alpha value is -2.29. The molecular formula is C18H14ClN3OS. The van der Waals surface area contributed by atoms with Gasteiger partial charge in [0.15, 0.2) is 5.69 Å². The molecule has 6 heteroatoms. The summed E-state index contributed by atoms with van der Waals surface area (Å²) >= 11 is 7.34. The number of amides is 1. The first kappa shape index (κ1) is 16.6. The highest BCUT2D eigenvalue weighted by Gasteiger charge is 2.16. The van der Waals surface area contributed by atoms with Gasteiger partial charge in [0.25, 0.3) is 0 Å². The largest absolute Gasteiger partial charge is 0.325 e. The van der Waals surface area contributed by atoms with Crippen LogP contribution in [0.3, 0.4) is 0 Å². The third kappa shape index (κ3) is 3.78. The Morgan fingerprint density at radius 1 is 1.38 bits per heavy atom. The highest BCUT2D eigenvalue weighted by molar-refractivity contribution is 8.14. The minimum Gasteiger partial charge on any atom is -0.325 e. The van der Waals surface area contributed by atoms with Crippen molar-refractivity contribution in [3.05, 3.63) is 64.0 Å². The lowest BCUT2D eigenvalue weighted by atomic mass is 10.1. The van der Waals surface area contributed by atoms with Crippen molar-refractivity contribution in [2.45, 2.75) is 13.3 Å². The average molecular weight is 356 g/mol. The fourth-order valence-corrected chi connectivity index (χ4v) is 3.41. The monoisotopic (exact) mass is 355 g/mol. The van der Waals surface area contributed by atoms with Crippen LogP contribution in [0.1, 0.15) is 11.1 Å². The van der Waals surface area contributed by atoms with Crippen LogP contribution in [-0.2, 0) is 11.2 Å². The van der Waals surface area contributed by atoms with Gasteiger partial charge in [0, 0.05) is 17.1 Å². The van der Waals surface area contributed by atoms with Gasteiger partial charge in [-0.3, -0.25) is 4.79 Å². The lowest BCUT2D eigenvalue weighted by Crippen LogP contribution is -2.16. The molecule has 0 atom stereocenters. The summed E-state index contributed by atoms with van der Waals surface area (Å²) in [5, 5.41) is 4.44. The molecule has 1 heterocycles. The van der Waals surface area contributed by atoms with E-state index in [4.69, 9.17) is 18.2 Å². The van der Waals surface area contributed by atoms with Gasteiger partial charge >= 0.3 is 0 Å².